The number of carbonyl (C=O) groups is 2. The number of nitrogens with two attached hydrogens (primary N) is 1. The number of carboxylic acid groups (broad SMARTS) is 1. The summed E-state index contributed by atoms with van der Waals surface area (Å²) in [6.45, 7) is 0. The van der Waals surface area contributed by atoms with Gasteiger partial charge >= 0.3 is 5.97 Å². The van der Waals surface area contributed by atoms with Crippen molar-refractivity contribution < 1.29 is 23.5 Å². The number of aromatic carboxylic acids is 1. The molecule has 0 bridgehead atoms. The summed E-state index contributed by atoms with van der Waals surface area (Å²) in [5.74, 6) is -4.59. The predicted molar refractivity (Wildman–Crippen MR) is 73.2 cm³/mol. The quantitative estimate of drug-likeness (QED) is 0.808. The molecule has 0 fully saturated rings. The smallest absolute Gasteiger partial charge is 0.338 e. The van der Waals surface area contributed by atoms with Crippen molar-refractivity contribution in [3.05, 3.63) is 51.7 Å². The molecule has 1 unspecified atom stereocenters. The lowest BCUT2D eigenvalue weighted by molar-refractivity contribution is -0.117. The molecule has 1 aromatic carbocycles. The van der Waals surface area contributed by atoms with Crippen LogP contribution in [-0.4, -0.2) is 17.0 Å². The number of anilines is 1. The standard InChI is InChI=1S/C13H10F2N2O3S/c14-7-5-8(15)9(4-6(7)13(19)20)17-12(18)11(16)10-2-1-3-21-10/h1-5,11H,16H2,(H,17,18)(H,19,20). The van der Waals surface area contributed by atoms with Gasteiger partial charge in [-0.2, -0.15) is 0 Å². The first-order valence-corrected chi connectivity index (χ1v) is 6.60. The Labute approximate surface area is 122 Å². The lowest BCUT2D eigenvalue weighted by Crippen LogP contribution is -2.27. The number of hydrogen-bond acceptors (Lipinski definition) is 4. The average molecular weight is 312 g/mol. The minimum Gasteiger partial charge on any atom is -0.478 e. The topological polar surface area (TPSA) is 92.4 Å². The number of rotatable bonds is 4. The molecule has 1 atom stereocenters. The van der Waals surface area contributed by atoms with Crippen LogP contribution in [0.1, 0.15) is 21.3 Å². The first-order chi connectivity index (χ1) is 9.90. The molecule has 0 radical (unpaired) electrons. The largest absolute Gasteiger partial charge is 0.478 e. The monoisotopic (exact) mass is 312 g/mol. The fourth-order valence-corrected chi connectivity index (χ4v) is 2.34. The maximum Gasteiger partial charge on any atom is 0.338 e. The van der Waals surface area contributed by atoms with Gasteiger partial charge in [-0.05, 0) is 17.5 Å². The summed E-state index contributed by atoms with van der Waals surface area (Å²) in [5, 5.41) is 12.7. The Hall–Kier alpha value is -2.32. The molecule has 5 nitrogen and oxygen atoms in total. The van der Waals surface area contributed by atoms with Gasteiger partial charge in [-0.25, -0.2) is 13.6 Å². The third-order valence-corrected chi connectivity index (χ3v) is 3.63. The van der Waals surface area contributed by atoms with Crippen LogP contribution >= 0.6 is 11.3 Å². The molecule has 1 heterocycles. The Bertz CT molecular complexity index is 689. The molecule has 0 aliphatic rings. The van der Waals surface area contributed by atoms with Crippen LogP contribution in [0.15, 0.2) is 29.6 Å². The lowest BCUT2D eigenvalue weighted by Gasteiger charge is -2.12. The molecule has 2 rings (SSSR count). The van der Waals surface area contributed by atoms with Gasteiger partial charge in [0.1, 0.15) is 17.7 Å². The highest BCUT2D eigenvalue weighted by atomic mass is 32.1. The van der Waals surface area contributed by atoms with E-state index in [9.17, 15) is 18.4 Å². The first-order valence-electron chi connectivity index (χ1n) is 5.72. The van der Waals surface area contributed by atoms with Crippen LogP contribution in [0.5, 0.6) is 0 Å². The zero-order valence-electron chi connectivity index (χ0n) is 10.5. The van der Waals surface area contributed by atoms with E-state index in [0.717, 1.165) is 0 Å². The molecule has 110 valence electrons. The maximum atomic E-state index is 13.6. The van der Waals surface area contributed by atoms with Crippen LogP contribution in [0.25, 0.3) is 0 Å². The van der Waals surface area contributed by atoms with E-state index in [4.69, 9.17) is 10.8 Å². The molecular formula is C13H10F2N2O3S. The molecule has 8 heteroatoms. The van der Waals surface area contributed by atoms with Crippen LogP contribution in [0, 0.1) is 11.6 Å². The molecule has 1 aromatic heterocycles. The van der Waals surface area contributed by atoms with E-state index in [1.54, 1.807) is 17.5 Å². The van der Waals surface area contributed by atoms with E-state index in [-0.39, 0.29) is 0 Å². The second-order valence-electron chi connectivity index (χ2n) is 4.10. The van der Waals surface area contributed by atoms with Crippen molar-refractivity contribution in [2.75, 3.05) is 5.32 Å². The van der Waals surface area contributed by atoms with Crippen molar-refractivity contribution in [2.45, 2.75) is 6.04 Å². The summed E-state index contributed by atoms with van der Waals surface area (Å²) in [4.78, 5) is 23.2. The van der Waals surface area contributed by atoms with E-state index >= 15 is 0 Å². The summed E-state index contributed by atoms with van der Waals surface area (Å²) in [7, 11) is 0. The van der Waals surface area contributed by atoms with Crippen LogP contribution in [0.4, 0.5) is 14.5 Å². The zero-order chi connectivity index (χ0) is 15.6. The molecule has 1 amide bonds. The number of nitrogens with one attached hydrogen (secondary N) is 1. The molecule has 4 N–H and O–H groups in total. The van der Waals surface area contributed by atoms with Crippen molar-refractivity contribution >= 4 is 28.9 Å². The predicted octanol–water partition coefficient (Wildman–Crippen LogP) is 2.36. The van der Waals surface area contributed by atoms with Gasteiger partial charge < -0.3 is 16.2 Å². The number of halogens is 2. The molecule has 0 aliphatic heterocycles. The van der Waals surface area contributed by atoms with E-state index in [0.29, 0.717) is 17.0 Å². The van der Waals surface area contributed by atoms with Gasteiger partial charge in [0.05, 0.1) is 11.3 Å². The Morgan fingerprint density at radius 3 is 2.57 bits per heavy atom. The maximum absolute atomic E-state index is 13.6. The van der Waals surface area contributed by atoms with Crippen molar-refractivity contribution in [3.63, 3.8) is 0 Å². The van der Waals surface area contributed by atoms with Gasteiger partial charge in [-0.3, -0.25) is 4.79 Å². The summed E-state index contributed by atoms with van der Waals surface area (Å²) >= 11 is 1.25. The molecule has 0 aliphatic carbocycles. The number of amides is 1. The van der Waals surface area contributed by atoms with Crippen molar-refractivity contribution in [1.82, 2.24) is 0 Å². The Morgan fingerprint density at radius 1 is 1.29 bits per heavy atom. The fourth-order valence-electron chi connectivity index (χ4n) is 1.62. The molecule has 21 heavy (non-hydrogen) atoms. The highest BCUT2D eigenvalue weighted by Crippen LogP contribution is 2.22. The normalized spacial score (nSPS) is 12.0. The van der Waals surface area contributed by atoms with Gasteiger partial charge in [0, 0.05) is 10.9 Å². The van der Waals surface area contributed by atoms with Gasteiger partial charge in [0.15, 0.2) is 0 Å². The third kappa shape index (κ3) is 3.23. The molecule has 0 saturated heterocycles. The minimum absolute atomic E-state index is 0.399. The van der Waals surface area contributed by atoms with Crippen molar-refractivity contribution in [2.24, 2.45) is 5.73 Å². The van der Waals surface area contributed by atoms with Crippen LogP contribution in [-0.2, 0) is 4.79 Å². The van der Waals surface area contributed by atoms with Crippen molar-refractivity contribution in [1.29, 1.82) is 0 Å². The number of benzene rings is 1. The Morgan fingerprint density at radius 2 is 2.00 bits per heavy atom. The minimum atomic E-state index is -1.56. The van der Waals surface area contributed by atoms with Gasteiger partial charge in [-0.1, -0.05) is 6.07 Å². The van der Waals surface area contributed by atoms with E-state index in [2.05, 4.69) is 5.32 Å². The summed E-state index contributed by atoms with van der Waals surface area (Å²) in [6, 6.07) is 3.43. The van der Waals surface area contributed by atoms with Gasteiger partial charge in [0.25, 0.3) is 0 Å². The molecule has 2 aromatic rings. The summed E-state index contributed by atoms with van der Waals surface area (Å²) in [5.41, 5.74) is 4.52. The number of carboxylic acids is 1. The van der Waals surface area contributed by atoms with E-state index < -0.39 is 40.8 Å². The van der Waals surface area contributed by atoms with Gasteiger partial charge in [0.2, 0.25) is 5.91 Å². The van der Waals surface area contributed by atoms with Crippen LogP contribution in [0.3, 0.4) is 0 Å². The first kappa shape index (κ1) is 15.1. The Kier molecular flexibility index (Phi) is 4.29. The molecule has 0 spiro atoms. The molecular weight excluding hydrogens is 302 g/mol. The van der Waals surface area contributed by atoms with Crippen LogP contribution < -0.4 is 11.1 Å². The number of hydrogen-bond donors (Lipinski definition) is 3. The number of thiophene rings is 1. The van der Waals surface area contributed by atoms with Gasteiger partial charge in [-0.15, -0.1) is 11.3 Å². The fraction of sp³-hybridized carbons (Fsp3) is 0.0769. The van der Waals surface area contributed by atoms with E-state index in [1.807, 2.05) is 0 Å². The highest BCUT2D eigenvalue weighted by Gasteiger charge is 2.20. The zero-order valence-corrected chi connectivity index (χ0v) is 11.3. The van der Waals surface area contributed by atoms with E-state index in [1.165, 1.54) is 11.3 Å². The molecule has 0 saturated carbocycles. The highest BCUT2D eigenvalue weighted by molar-refractivity contribution is 7.10. The third-order valence-electron chi connectivity index (χ3n) is 2.68. The second-order valence-corrected chi connectivity index (χ2v) is 5.08. The SMILES string of the molecule is NC(C(=O)Nc1cc(C(=O)O)c(F)cc1F)c1cccs1. The Balaban J connectivity index is 2.25. The second kappa shape index (κ2) is 5.98. The summed E-state index contributed by atoms with van der Waals surface area (Å²) < 4.78 is 26.8. The van der Waals surface area contributed by atoms with Crippen molar-refractivity contribution in [3.8, 4) is 0 Å². The number of carbonyl (C=O) groups excluding carboxylic acids is 1. The average Bonchev–Trinajstić information content (AvgIpc) is 2.94. The van der Waals surface area contributed by atoms with Crippen LogP contribution in [0.2, 0.25) is 0 Å². The summed E-state index contributed by atoms with van der Waals surface area (Å²) in [6.07, 6.45) is 0. The lowest BCUT2D eigenvalue weighted by atomic mass is 10.1.